The van der Waals surface area contributed by atoms with Crippen LogP contribution in [0.25, 0.3) is 0 Å². The smallest absolute Gasteiger partial charge is 0.222 e. The summed E-state index contributed by atoms with van der Waals surface area (Å²) in [7, 11) is 0. The molecule has 2 aromatic carbocycles. The molecule has 0 aliphatic carbocycles. The predicted molar refractivity (Wildman–Crippen MR) is 115 cm³/mol. The second-order valence-corrected chi connectivity index (χ2v) is 7.14. The molecule has 1 amide bonds. The van der Waals surface area contributed by atoms with Crippen molar-refractivity contribution in [3.63, 3.8) is 0 Å². The molecule has 1 fully saturated rings. The third-order valence-electron chi connectivity index (χ3n) is 4.74. The van der Waals surface area contributed by atoms with Gasteiger partial charge in [-0.05, 0) is 29.8 Å². The van der Waals surface area contributed by atoms with Crippen LogP contribution in [0.1, 0.15) is 12.0 Å². The van der Waals surface area contributed by atoms with Crippen LogP contribution in [-0.4, -0.2) is 49.5 Å². The molecule has 28 heavy (non-hydrogen) atoms. The Labute approximate surface area is 171 Å². The first-order valence-electron chi connectivity index (χ1n) is 9.48. The van der Waals surface area contributed by atoms with Crippen molar-refractivity contribution in [1.82, 2.24) is 10.2 Å². The quantitative estimate of drug-likeness (QED) is 0.578. The van der Waals surface area contributed by atoms with Gasteiger partial charge in [-0.15, -0.1) is 0 Å². The van der Waals surface area contributed by atoms with Crippen molar-refractivity contribution in [3.8, 4) is 0 Å². The normalized spacial score (nSPS) is 14.8. The van der Waals surface area contributed by atoms with Gasteiger partial charge in [-0.1, -0.05) is 41.9 Å². The number of rotatable bonds is 6. The average molecular weight is 400 g/mol. The Kier molecular flexibility index (Phi) is 7.14. The minimum Gasteiger partial charge on any atom is -0.370 e. The molecule has 3 rings (SSSR count). The third-order valence-corrected chi connectivity index (χ3v) is 4.99. The summed E-state index contributed by atoms with van der Waals surface area (Å²) >= 11 is 5.95. The Morgan fingerprint density at radius 2 is 1.71 bits per heavy atom. The highest BCUT2D eigenvalue weighted by atomic mass is 35.5. The number of halogens is 1. The topological polar surface area (TPSA) is 74.0 Å². The summed E-state index contributed by atoms with van der Waals surface area (Å²) in [4.78, 5) is 20.7. The monoisotopic (exact) mass is 399 g/mol. The van der Waals surface area contributed by atoms with E-state index in [1.54, 1.807) is 0 Å². The van der Waals surface area contributed by atoms with Gasteiger partial charge in [0.05, 0.1) is 6.54 Å². The highest BCUT2D eigenvalue weighted by Crippen LogP contribution is 2.19. The number of benzene rings is 2. The molecule has 1 aliphatic heterocycles. The summed E-state index contributed by atoms with van der Waals surface area (Å²) in [5.41, 5.74) is 8.35. The van der Waals surface area contributed by atoms with E-state index in [9.17, 15) is 4.79 Å². The van der Waals surface area contributed by atoms with Crippen LogP contribution in [0.2, 0.25) is 5.02 Å². The van der Waals surface area contributed by atoms with Crippen molar-refractivity contribution >= 4 is 29.2 Å². The summed E-state index contributed by atoms with van der Waals surface area (Å²) in [5.74, 6) is 0.486. The van der Waals surface area contributed by atoms with E-state index < -0.39 is 0 Å². The summed E-state index contributed by atoms with van der Waals surface area (Å²) < 4.78 is 0. The van der Waals surface area contributed by atoms with E-state index >= 15 is 0 Å². The van der Waals surface area contributed by atoms with Crippen LogP contribution in [0.3, 0.4) is 0 Å². The van der Waals surface area contributed by atoms with Gasteiger partial charge in [0.25, 0.3) is 0 Å². The van der Waals surface area contributed by atoms with E-state index in [2.05, 4.69) is 20.1 Å². The van der Waals surface area contributed by atoms with Crippen LogP contribution in [0.15, 0.2) is 59.6 Å². The fourth-order valence-electron chi connectivity index (χ4n) is 3.10. The second kappa shape index (κ2) is 9.99. The lowest BCUT2D eigenvalue weighted by Crippen LogP contribution is -2.51. The average Bonchev–Trinajstić information content (AvgIpc) is 2.73. The highest BCUT2D eigenvalue weighted by Gasteiger charge is 2.18. The zero-order valence-electron chi connectivity index (χ0n) is 15.9. The molecule has 148 valence electrons. The minimum absolute atomic E-state index is 0.0204. The van der Waals surface area contributed by atoms with Crippen LogP contribution >= 0.6 is 11.6 Å². The molecule has 1 saturated heterocycles. The first kappa shape index (κ1) is 20.0. The number of hydrogen-bond acceptors (Lipinski definition) is 3. The molecule has 0 radical (unpaired) electrons. The van der Waals surface area contributed by atoms with Crippen LogP contribution in [0, 0.1) is 0 Å². The minimum atomic E-state index is -0.0204. The van der Waals surface area contributed by atoms with Crippen molar-refractivity contribution in [2.75, 3.05) is 37.6 Å². The lowest BCUT2D eigenvalue weighted by atomic mass is 10.2. The summed E-state index contributed by atoms with van der Waals surface area (Å²) in [6.45, 7) is 4.27. The van der Waals surface area contributed by atoms with E-state index in [-0.39, 0.29) is 5.91 Å². The zero-order chi connectivity index (χ0) is 19.8. The second-order valence-electron chi connectivity index (χ2n) is 6.70. The molecule has 0 bridgehead atoms. The molecule has 1 heterocycles. The molecular formula is C21H26ClN5O. The molecular weight excluding hydrogens is 374 g/mol. The van der Waals surface area contributed by atoms with Gasteiger partial charge >= 0.3 is 0 Å². The largest absolute Gasteiger partial charge is 0.370 e. The lowest BCUT2D eigenvalue weighted by molar-refractivity contribution is -0.121. The number of aliphatic imine (C=N–C) groups is 1. The fourth-order valence-corrected chi connectivity index (χ4v) is 3.23. The van der Waals surface area contributed by atoms with E-state index in [1.165, 1.54) is 0 Å². The molecule has 3 N–H and O–H groups in total. The van der Waals surface area contributed by atoms with Crippen LogP contribution < -0.4 is 16.0 Å². The first-order chi connectivity index (χ1) is 13.6. The zero-order valence-corrected chi connectivity index (χ0v) is 16.6. The first-order valence-corrected chi connectivity index (χ1v) is 9.85. The van der Waals surface area contributed by atoms with Gasteiger partial charge in [-0.3, -0.25) is 9.79 Å². The Morgan fingerprint density at radius 3 is 2.39 bits per heavy atom. The van der Waals surface area contributed by atoms with E-state index in [0.717, 1.165) is 42.5 Å². The Bertz CT molecular complexity index is 786. The number of nitrogens with one attached hydrogen (secondary N) is 1. The predicted octanol–water partition coefficient (Wildman–Crippen LogP) is 2.48. The van der Waals surface area contributed by atoms with Gasteiger partial charge in [-0.2, -0.15) is 0 Å². The molecule has 6 nitrogen and oxygen atoms in total. The SMILES string of the molecule is NC(=NCCC(=O)NCc1ccccc1)N1CCN(c2ccc(Cl)cc2)CC1. The Hall–Kier alpha value is -2.73. The standard InChI is InChI=1S/C21H26ClN5O/c22-18-6-8-19(9-7-18)26-12-14-27(15-13-26)21(23)24-11-10-20(28)25-16-17-4-2-1-3-5-17/h1-9H,10-16H2,(H2,23,24)(H,25,28). The number of nitrogens with two attached hydrogens (primary N) is 1. The maximum Gasteiger partial charge on any atom is 0.222 e. The van der Waals surface area contributed by atoms with Gasteiger partial charge in [-0.25, -0.2) is 0 Å². The summed E-state index contributed by atoms with van der Waals surface area (Å²) in [5, 5.41) is 3.64. The van der Waals surface area contributed by atoms with Crippen molar-refractivity contribution in [2.45, 2.75) is 13.0 Å². The molecule has 0 aromatic heterocycles. The van der Waals surface area contributed by atoms with Gasteiger partial charge in [0.15, 0.2) is 5.96 Å². The molecule has 0 atom stereocenters. The molecule has 7 heteroatoms. The number of hydrogen-bond donors (Lipinski definition) is 2. The van der Waals surface area contributed by atoms with E-state index in [4.69, 9.17) is 17.3 Å². The number of piperazine rings is 1. The molecule has 1 aliphatic rings. The maximum atomic E-state index is 11.9. The molecule has 0 saturated carbocycles. The Balaban J connectivity index is 1.38. The number of amides is 1. The van der Waals surface area contributed by atoms with Gasteiger partial charge in [0.2, 0.25) is 5.91 Å². The summed E-state index contributed by atoms with van der Waals surface area (Å²) in [6.07, 6.45) is 0.332. The maximum absolute atomic E-state index is 11.9. The van der Waals surface area contributed by atoms with Gasteiger partial charge in [0, 0.05) is 49.9 Å². The highest BCUT2D eigenvalue weighted by molar-refractivity contribution is 6.30. The van der Waals surface area contributed by atoms with E-state index in [0.29, 0.717) is 25.5 Å². The lowest BCUT2D eigenvalue weighted by Gasteiger charge is -2.36. The van der Waals surface area contributed by atoms with Gasteiger partial charge in [0.1, 0.15) is 0 Å². The van der Waals surface area contributed by atoms with Crippen molar-refractivity contribution in [3.05, 3.63) is 65.2 Å². The number of carbonyl (C=O) groups excluding carboxylic acids is 1. The van der Waals surface area contributed by atoms with Crippen molar-refractivity contribution in [1.29, 1.82) is 0 Å². The number of guanidine groups is 1. The third kappa shape index (κ3) is 5.89. The Morgan fingerprint density at radius 1 is 1.04 bits per heavy atom. The molecule has 0 spiro atoms. The van der Waals surface area contributed by atoms with Crippen LogP contribution in [0.4, 0.5) is 5.69 Å². The number of carbonyl (C=O) groups is 1. The van der Waals surface area contributed by atoms with Crippen molar-refractivity contribution < 1.29 is 4.79 Å². The van der Waals surface area contributed by atoms with Gasteiger partial charge < -0.3 is 20.9 Å². The van der Waals surface area contributed by atoms with E-state index in [1.807, 2.05) is 54.6 Å². The number of anilines is 1. The fraction of sp³-hybridized carbons (Fsp3) is 0.333. The molecule has 0 unspecified atom stereocenters. The van der Waals surface area contributed by atoms with Crippen molar-refractivity contribution in [2.24, 2.45) is 10.7 Å². The number of nitrogens with zero attached hydrogens (tertiary/aromatic N) is 3. The van der Waals surface area contributed by atoms with Crippen LogP contribution in [0.5, 0.6) is 0 Å². The van der Waals surface area contributed by atoms with Crippen LogP contribution in [-0.2, 0) is 11.3 Å². The summed E-state index contributed by atoms with van der Waals surface area (Å²) in [6, 6.07) is 17.7. The molecule has 2 aromatic rings.